The average Bonchev–Trinajstić information content (AvgIpc) is 2.39. The van der Waals surface area contributed by atoms with Crippen molar-refractivity contribution < 1.29 is 14.8 Å². The van der Waals surface area contributed by atoms with Crippen molar-refractivity contribution in [3.8, 4) is 0 Å². The topological polar surface area (TPSA) is 131 Å². The number of hydrogen-bond acceptors (Lipinski definition) is 7. The number of nitro groups is 1. The Morgan fingerprint density at radius 3 is 2.58 bits per heavy atom. The molecule has 0 radical (unpaired) electrons. The third-order valence-electron chi connectivity index (χ3n) is 2.15. The smallest absolute Gasteiger partial charge is 0.364 e. The van der Waals surface area contributed by atoms with E-state index < -0.39 is 16.7 Å². The fourth-order valence-electron chi connectivity index (χ4n) is 1.34. The molecule has 0 saturated carbocycles. The molecule has 9 heteroatoms. The molecule has 2 rings (SSSR count). The number of pyridine rings is 1. The summed E-state index contributed by atoms with van der Waals surface area (Å²) in [7, 11) is 0. The van der Waals surface area contributed by atoms with E-state index in [9.17, 15) is 14.9 Å². The van der Waals surface area contributed by atoms with Crippen LogP contribution in [0.3, 0.4) is 0 Å². The lowest BCUT2D eigenvalue weighted by atomic mass is 10.2. The first-order valence-electron chi connectivity index (χ1n) is 4.97. The lowest BCUT2D eigenvalue weighted by Crippen LogP contribution is -2.05. The number of rotatable bonds is 4. The van der Waals surface area contributed by atoms with Crippen molar-refractivity contribution in [3.05, 3.63) is 46.7 Å². The Balaban J connectivity index is 2.40. The molecule has 0 atom stereocenters. The van der Waals surface area contributed by atoms with Crippen LogP contribution >= 0.6 is 0 Å². The predicted molar refractivity (Wildman–Crippen MR) is 63.2 cm³/mol. The van der Waals surface area contributed by atoms with Crippen LogP contribution in [0.25, 0.3) is 0 Å². The van der Waals surface area contributed by atoms with Gasteiger partial charge in [0.25, 0.3) is 0 Å². The maximum absolute atomic E-state index is 11.1. The Labute approximate surface area is 106 Å². The number of nitrogens with zero attached hydrogens (tertiary/aromatic N) is 4. The highest BCUT2D eigenvalue weighted by atomic mass is 16.6. The second-order valence-corrected chi connectivity index (χ2v) is 3.40. The summed E-state index contributed by atoms with van der Waals surface area (Å²) in [6.07, 6.45) is 5.26. The van der Waals surface area contributed by atoms with Gasteiger partial charge in [-0.3, -0.25) is 0 Å². The molecule has 0 unspecified atom stereocenters. The summed E-state index contributed by atoms with van der Waals surface area (Å²) < 4.78 is 0. The van der Waals surface area contributed by atoms with Crippen LogP contribution in [0.4, 0.5) is 17.2 Å². The summed E-state index contributed by atoms with van der Waals surface area (Å²) in [4.78, 5) is 31.9. The van der Waals surface area contributed by atoms with Crippen molar-refractivity contribution in [2.75, 3.05) is 5.32 Å². The maximum atomic E-state index is 11.1. The van der Waals surface area contributed by atoms with Gasteiger partial charge < -0.3 is 20.5 Å². The first kappa shape index (κ1) is 12.4. The third kappa shape index (κ3) is 2.77. The molecule has 0 aliphatic carbocycles. The molecule has 2 heterocycles. The second kappa shape index (κ2) is 5.04. The number of anilines is 2. The van der Waals surface area contributed by atoms with Crippen LogP contribution in [0, 0.1) is 10.1 Å². The van der Waals surface area contributed by atoms with E-state index in [0.29, 0.717) is 5.69 Å². The Hall–Kier alpha value is -3.10. The van der Waals surface area contributed by atoms with E-state index in [1.54, 1.807) is 0 Å². The van der Waals surface area contributed by atoms with Crippen molar-refractivity contribution in [2.45, 2.75) is 0 Å². The first-order valence-corrected chi connectivity index (χ1v) is 4.97. The Kier molecular flexibility index (Phi) is 3.28. The molecule has 2 aromatic heterocycles. The molecule has 0 aliphatic heterocycles. The van der Waals surface area contributed by atoms with Crippen LogP contribution in [0.2, 0.25) is 0 Å². The number of aromatic carboxylic acids is 1. The molecule has 0 bridgehead atoms. The van der Waals surface area contributed by atoms with Crippen LogP contribution in [0.1, 0.15) is 10.4 Å². The molecular formula is C10H7N5O4. The lowest BCUT2D eigenvalue weighted by Gasteiger charge is -2.06. The highest BCUT2D eigenvalue weighted by Gasteiger charge is 2.18. The van der Waals surface area contributed by atoms with E-state index in [1.165, 1.54) is 18.7 Å². The van der Waals surface area contributed by atoms with Crippen LogP contribution in [0.15, 0.2) is 31.0 Å². The van der Waals surface area contributed by atoms with Gasteiger partial charge in [0.05, 0.1) is 35.4 Å². The fourth-order valence-corrected chi connectivity index (χ4v) is 1.34. The van der Waals surface area contributed by atoms with E-state index in [0.717, 1.165) is 12.3 Å². The summed E-state index contributed by atoms with van der Waals surface area (Å²) in [5.74, 6) is -1.84. The summed E-state index contributed by atoms with van der Waals surface area (Å²) >= 11 is 0. The third-order valence-corrected chi connectivity index (χ3v) is 2.15. The number of carbonyl (C=O) groups is 1. The van der Waals surface area contributed by atoms with Gasteiger partial charge in [0.2, 0.25) is 0 Å². The quantitative estimate of drug-likeness (QED) is 0.620. The van der Waals surface area contributed by atoms with Gasteiger partial charge in [-0.15, -0.1) is 0 Å². The van der Waals surface area contributed by atoms with Crippen LogP contribution in [-0.4, -0.2) is 31.0 Å². The molecule has 2 aromatic rings. The van der Waals surface area contributed by atoms with Crippen LogP contribution in [0.5, 0.6) is 0 Å². The monoisotopic (exact) mass is 261 g/mol. The number of aromatic nitrogens is 3. The van der Waals surface area contributed by atoms with E-state index >= 15 is 0 Å². The summed E-state index contributed by atoms with van der Waals surface area (Å²) in [5.41, 5.74) is 0.305. The zero-order valence-electron chi connectivity index (χ0n) is 9.35. The number of nitrogens with one attached hydrogen (secondary N) is 1. The zero-order chi connectivity index (χ0) is 13.8. The highest BCUT2D eigenvalue weighted by molar-refractivity contribution is 5.95. The van der Waals surface area contributed by atoms with E-state index in [2.05, 4.69) is 20.3 Å². The van der Waals surface area contributed by atoms with E-state index in [4.69, 9.17) is 5.11 Å². The van der Waals surface area contributed by atoms with Crippen molar-refractivity contribution in [1.82, 2.24) is 15.0 Å². The second-order valence-electron chi connectivity index (χ2n) is 3.40. The first-order chi connectivity index (χ1) is 9.08. The molecule has 0 spiro atoms. The molecule has 2 N–H and O–H groups in total. The van der Waals surface area contributed by atoms with Gasteiger partial charge >= 0.3 is 11.8 Å². The predicted octanol–water partition coefficient (Wildman–Crippen LogP) is 1.22. The van der Waals surface area contributed by atoms with Gasteiger partial charge in [-0.25, -0.2) is 14.8 Å². The number of hydrogen-bond donors (Lipinski definition) is 2. The minimum Gasteiger partial charge on any atom is -0.478 e. The van der Waals surface area contributed by atoms with Crippen molar-refractivity contribution >= 4 is 23.2 Å². The van der Waals surface area contributed by atoms with Gasteiger partial charge in [-0.05, 0) is 9.91 Å². The summed E-state index contributed by atoms with van der Waals surface area (Å²) in [5, 5.41) is 22.3. The average molecular weight is 261 g/mol. The van der Waals surface area contributed by atoms with Gasteiger partial charge in [-0.1, -0.05) is 0 Å². The van der Waals surface area contributed by atoms with E-state index in [-0.39, 0.29) is 11.3 Å². The van der Waals surface area contributed by atoms with Crippen molar-refractivity contribution in [3.63, 3.8) is 0 Å². The molecular weight excluding hydrogens is 254 g/mol. The maximum Gasteiger partial charge on any atom is 0.364 e. The molecule has 0 aromatic carbocycles. The van der Waals surface area contributed by atoms with Gasteiger partial charge in [-0.2, -0.15) is 0 Å². The largest absolute Gasteiger partial charge is 0.478 e. The Morgan fingerprint density at radius 2 is 2.00 bits per heavy atom. The minimum absolute atomic E-state index is 0.118. The molecule has 19 heavy (non-hydrogen) atoms. The highest BCUT2D eigenvalue weighted by Crippen LogP contribution is 2.22. The van der Waals surface area contributed by atoms with Crippen molar-refractivity contribution in [2.24, 2.45) is 0 Å². The molecule has 0 saturated heterocycles. The van der Waals surface area contributed by atoms with Crippen LogP contribution < -0.4 is 5.32 Å². The molecule has 0 amide bonds. The molecule has 0 aliphatic rings. The van der Waals surface area contributed by atoms with E-state index in [1.807, 2.05) is 0 Å². The van der Waals surface area contributed by atoms with Gasteiger partial charge in [0.15, 0.2) is 6.20 Å². The lowest BCUT2D eigenvalue weighted by molar-refractivity contribution is -0.389. The molecule has 9 nitrogen and oxygen atoms in total. The SMILES string of the molecule is O=C(O)c1cc([N+](=O)[O-])ncc1Nc1cncnc1. The summed E-state index contributed by atoms with van der Waals surface area (Å²) in [6, 6.07) is 0.883. The minimum atomic E-state index is -1.30. The normalized spacial score (nSPS) is 9.89. The van der Waals surface area contributed by atoms with Gasteiger partial charge in [0, 0.05) is 0 Å². The van der Waals surface area contributed by atoms with Gasteiger partial charge in [0.1, 0.15) is 6.33 Å². The Bertz CT molecular complexity index is 631. The fraction of sp³-hybridized carbons (Fsp3) is 0. The van der Waals surface area contributed by atoms with Crippen LogP contribution in [-0.2, 0) is 0 Å². The Morgan fingerprint density at radius 1 is 1.32 bits per heavy atom. The molecule has 0 fully saturated rings. The number of carboxylic acid groups (broad SMARTS) is 1. The molecule has 96 valence electrons. The summed E-state index contributed by atoms with van der Waals surface area (Å²) in [6.45, 7) is 0. The standard InChI is InChI=1S/C10H7N5O4/c16-10(17)7-1-9(15(18)19)13-4-8(7)14-6-2-11-5-12-3-6/h1-5,14H,(H,16,17). The zero-order valence-corrected chi connectivity index (χ0v) is 9.35. The van der Waals surface area contributed by atoms with Crippen molar-refractivity contribution in [1.29, 1.82) is 0 Å². The number of carboxylic acids is 1.